The van der Waals surface area contributed by atoms with Crippen LogP contribution in [0.3, 0.4) is 0 Å². The normalized spacial score (nSPS) is 17.7. The SMILES string of the molecule is COC(=O)c1ccccc1C1C=CC(=CBr)C=C1. The van der Waals surface area contributed by atoms with Gasteiger partial charge in [0.1, 0.15) is 0 Å². The molecule has 18 heavy (non-hydrogen) atoms. The summed E-state index contributed by atoms with van der Waals surface area (Å²) in [5.74, 6) is -0.189. The summed E-state index contributed by atoms with van der Waals surface area (Å²) in [5, 5.41) is 0. The van der Waals surface area contributed by atoms with E-state index in [4.69, 9.17) is 4.74 Å². The number of benzene rings is 1. The van der Waals surface area contributed by atoms with Gasteiger partial charge in [-0.05, 0) is 22.2 Å². The minimum atomic E-state index is -0.297. The summed E-state index contributed by atoms with van der Waals surface area (Å²) in [6.07, 6.45) is 8.17. The molecule has 0 aliphatic heterocycles. The van der Waals surface area contributed by atoms with E-state index in [2.05, 4.69) is 28.1 Å². The highest BCUT2D eigenvalue weighted by Crippen LogP contribution is 2.27. The van der Waals surface area contributed by atoms with Crippen LogP contribution in [0.15, 0.2) is 59.1 Å². The predicted molar refractivity (Wildman–Crippen MR) is 75.8 cm³/mol. The van der Waals surface area contributed by atoms with Crippen molar-refractivity contribution in [3.63, 3.8) is 0 Å². The van der Waals surface area contributed by atoms with E-state index in [1.807, 2.05) is 35.3 Å². The molecule has 0 aromatic heterocycles. The first kappa shape index (κ1) is 12.8. The lowest BCUT2D eigenvalue weighted by Gasteiger charge is -2.15. The first-order chi connectivity index (χ1) is 8.76. The Kier molecular flexibility index (Phi) is 4.15. The molecule has 0 amide bonds. The summed E-state index contributed by atoms with van der Waals surface area (Å²) in [6.45, 7) is 0. The van der Waals surface area contributed by atoms with Gasteiger partial charge in [-0.15, -0.1) is 0 Å². The number of rotatable bonds is 2. The molecule has 0 bridgehead atoms. The van der Waals surface area contributed by atoms with E-state index in [0.717, 1.165) is 11.1 Å². The molecular weight excluding hydrogens is 292 g/mol. The van der Waals surface area contributed by atoms with Gasteiger partial charge in [0.05, 0.1) is 12.7 Å². The molecule has 0 atom stereocenters. The summed E-state index contributed by atoms with van der Waals surface area (Å²) in [6, 6.07) is 7.52. The van der Waals surface area contributed by atoms with Crippen LogP contribution in [0.1, 0.15) is 21.8 Å². The van der Waals surface area contributed by atoms with Crippen molar-refractivity contribution in [1.29, 1.82) is 0 Å². The van der Waals surface area contributed by atoms with Gasteiger partial charge in [-0.3, -0.25) is 0 Å². The van der Waals surface area contributed by atoms with Crippen molar-refractivity contribution in [2.24, 2.45) is 0 Å². The van der Waals surface area contributed by atoms with Gasteiger partial charge in [-0.2, -0.15) is 0 Å². The van der Waals surface area contributed by atoms with E-state index < -0.39 is 0 Å². The van der Waals surface area contributed by atoms with Crippen LogP contribution in [0.4, 0.5) is 0 Å². The molecular formula is C15H13BrO2. The van der Waals surface area contributed by atoms with Gasteiger partial charge in [0.25, 0.3) is 0 Å². The fourth-order valence-electron chi connectivity index (χ4n) is 1.91. The minimum Gasteiger partial charge on any atom is -0.465 e. The molecule has 92 valence electrons. The van der Waals surface area contributed by atoms with E-state index >= 15 is 0 Å². The second-order valence-electron chi connectivity index (χ2n) is 3.93. The van der Waals surface area contributed by atoms with Crippen molar-refractivity contribution in [1.82, 2.24) is 0 Å². The van der Waals surface area contributed by atoms with Gasteiger partial charge in [0.2, 0.25) is 0 Å². The van der Waals surface area contributed by atoms with Gasteiger partial charge >= 0.3 is 5.97 Å². The molecule has 2 rings (SSSR count). The van der Waals surface area contributed by atoms with E-state index in [9.17, 15) is 4.79 Å². The monoisotopic (exact) mass is 304 g/mol. The Morgan fingerprint density at radius 1 is 1.28 bits per heavy atom. The number of hydrogen-bond donors (Lipinski definition) is 0. The second kappa shape index (κ2) is 5.83. The van der Waals surface area contributed by atoms with E-state index in [-0.39, 0.29) is 11.9 Å². The molecule has 0 heterocycles. The summed E-state index contributed by atoms with van der Waals surface area (Å²) in [7, 11) is 1.40. The highest BCUT2D eigenvalue weighted by molar-refractivity contribution is 9.11. The number of carbonyl (C=O) groups is 1. The topological polar surface area (TPSA) is 26.3 Å². The highest BCUT2D eigenvalue weighted by atomic mass is 79.9. The number of methoxy groups -OCH3 is 1. The zero-order chi connectivity index (χ0) is 13.0. The molecule has 0 saturated carbocycles. The number of esters is 1. The van der Waals surface area contributed by atoms with Crippen molar-refractivity contribution in [2.45, 2.75) is 5.92 Å². The Bertz CT molecular complexity index is 525. The van der Waals surface area contributed by atoms with Gasteiger partial charge in [0, 0.05) is 5.92 Å². The van der Waals surface area contributed by atoms with E-state index in [0.29, 0.717) is 5.56 Å². The molecule has 0 saturated heterocycles. The number of ether oxygens (including phenoxy) is 1. The van der Waals surface area contributed by atoms with Crippen molar-refractivity contribution < 1.29 is 9.53 Å². The van der Waals surface area contributed by atoms with E-state index in [1.54, 1.807) is 6.07 Å². The third-order valence-electron chi connectivity index (χ3n) is 2.84. The number of hydrogen-bond acceptors (Lipinski definition) is 2. The molecule has 0 unspecified atom stereocenters. The average molecular weight is 305 g/mol. The lowest BCUT2D eigenvalue weighted by atomic mass is 9.90. The number of halogens is 1. The minimum absolute atomic E-state index is 0.108. The van der Waals surface area contributed by atoms with Crippen molar-refractivity contribution >= 4 is 21.9 Å². The van der Waals surface area contributed by atoms with Crippen molar-refractivity contribution in [3.05, 3.63) is 70.3 Å². The molecule has 1 aromatic rings. The van der Waals surface area contributed by atoms with Gasteiger partial charge in [-0.1, -0.05) is 58.4 Å². The molecule has 1 aliphatic rings. The highest BCUT2D eigenvalue weighted by Gasteiger charge is 2.16. The zero-order valence-electron chi connectivity index (χ0n) is 9.97. The first-order valence-electron chi connectivity index (χ1n) is 5.60. The molecule has 2 nitrogen and oxygen atoms in total. The molecule has 1 aromatic carbocycles. The smallest absolute Gasteiger partial charge is 0.338 e. The van der Waals surface area contributed by atoms with Crippen LogP contribution < -0.4 is 0 Å². The lowest BCUT2D eigenvalue weighted by Crippen LogP contribution is -2.08. The van der Waals surface area contributed by atoms with Gasteiger partial charge in [-0.25, -0.2) is 4.79 Å². The average Bonchev–Trinajstić information content (AvgIpc) is 2.46. The Hall–Kier alpha value is -1.61. The molecule has 1 aliphatic carbocycles. The largest absolute Gasteiger partial charge is 0.465 e. The second-order valence-corrected chi connectivity index (χ2v) is 4.39. The Morgan fingerprint density at radius 2 is 1.94 bits per heavy atom. The Morgan fingerprint density at radius 3 is 2.56 bits per heavy atom. The van der Waals surface area contributed by atoms with Crippen LogP contribution in [0.5, 0.6) is 0 Å². The summed E-state index contributed by atoms with van der Waals surface area (Å²) in [5.41, 5.74) is 2.68. The van der Waals surface area contributed by atoms with Crippen LogP contribution in [-0.4, -0.2) is 13.1 Å². The zero-order valence-corrected chi connectivity index (χ0v) is 11.6. The maximum absolute atomic E-state index is 11.7. The number of carbonyl (C=O) groups excluding carboxylic acids is 1. The van der Waals surface area contributed by atoms with Crippen LogP contribution in [-0.2, 0) is 4.74 Å². The summed E-state index contributed by atoms with van der Waals surface area (Å²) >= 11 is 3.30. The maximum Gasteiger partial charge on any atom is 0.338 e. The molecule has 0 spiro atoms. The van der Waals surface area contributed by atoms with Gasteiger partial charge in [0.15, 0.2) is 0 Å². The quantitative estimate of drug-likeness (QED) is 0.773. The van der Waals surface area contributed by atoms with Crippen LogP contribution in [0.2, 0.25) is 0 Å². The Balaban J connectivity index is 2.36. The van der Waals surface area contributed by atoms with Gasteiger partial charge < -0.3 is 4.74 Å². The summed E-state index contributed by atoms with van der Waals surface area (Å²) in [4.78, 5) is 13.6. The van der Waals surface area contributed by atoms with Crippen LogP contribution in [0.25, 0.3) is 0 Å². The Labute approximate surface area is 115 Å². The van der Waals surface area contributed by atoms with Crippen molar-refractivity contribution in [2.75, 3.05) is 7.11 Å². The number of allylic oxidation sites excluding steroid dienone is 5. The van der Waals surface area contributed by atoms with Crippen LogP contribution in [0, 0.1) is 0 Å². The predicted octanol–water partition coefficient (Wildman–Crippen LogP) is 3.96. The molecule has 0 radical (unpaired) electrons. The third-order valence-corrected chi connectivity index (χ3v) is 3.37. The molecule has 0 N–H and O–H groups in total. The summed E-state index contributed by atoms with van der Waals surface area (Å²) < 4.78 is 4.80. The third kappa shape index (κ3) is 2.62. The van der Waals surface area contributed by atoms with Crippen LogP contribution >= 0.6 is 15.9 Å². The fourth-order valence-corrected chi connectivity index (χ4v) is 2.22. The van der Waals surface area contributed by atoms with Crippen molar-refractivity contribution in [3.8, 4) is 0 Å². The van der Waals surface area contributed by atoms with E-state index in [1.165, 1.54) is 7.11 Å². The molecule has 0 fully saturated rings. The standard InChI is InChI=1S/C15H13BrO2/c1-18-15(17)14-5-3-2-4-13(14)12-8-6-11(10-16)7-9-12/h2-10,12H,1H3. The maximum atomic E-state index is 11.7. The lowest BCUT2D eigenvalue weighted by molar-refractivity contribution is 0.0599. The first-order valence-corrected chi connectivity index (χ1v) is 6.52. The molecule has 3 heteroatoms. The fraction of sp³-hybridized carbons (Fsp3) is 0.133.